The van der Waals surface area contributed by atoms with Crippen molar-refractivity contribution in [3.63, 3.8) is 0 Å². The van der Waals surface area contributed by atoms with Crippen LogP contribution in [0.4, 0.5) is 0 Å². The summed E-state index contributed by atoms with van der Waals surface area (Å²) < 4.78 is 0. The minimum absolute atomic E-state index is 0. The molecular formula is C21H38ClNO. The standard InChI is InChI=1S/C21H37NO.ClH/c1-3-5-6-7-8-9-10-19-11-13-20(14-12-19)15-16-21(22,4-2)17-18-23;/h11-14,23H,3-10,15-18,22H2,1-2H3;1H. The molecule has 1 unspecified atom stereocenters. The van der Waals surface area contributed by atoms with Gasteiger partial charge in [0.25, 0.3) is 0 Å². The van der Waals surface area contributed by atoms with Crippen molar-refractivity contribution in [1.82, 2.24) is 0 Å². The molecule has 0 heterocycles. The van der Waals surface area contributed by atoms with E-state index in [-0.39, 0.29) is 24.6 Å². The highest BCUT2D eigenvalue weighted by Crippen LogP contribution is 2.20. The summed E-state index contributed by atoms with van der Waals surface area (Å²) in [5, 5.41) is 9.14. The molecule has 0 radical (unpaired) electrons. The first-order valence-electron chi connectivity index (χ1n) is 9.61. The Morgan fingerprint density at radius 3 is 1.92 bits per heavy atom. The van der Waals surface area contributed by atoms with Crippen molar-refractivity contribution in [3.8, 4) is 0 Å². The maximum Gasteiger partial charge on any atom is 0.0448 e. The Kier molecular flexibility index (Phi) is 13.4. The van der Waals surface area contributed by atoms with Gasteiger partial charge in [-0.2, -0.15) is 0 Å². The number of benzene rings is 1. The maximum absolute atomic E-state index is 9.14. The number of unbranched alkanes of at least 4 members (excludes halogenated alkanes) is 5. The highest BCUT2D eigenvalue weighted by atomic mass is 35.5. The van der Waals surface area contributed by atoms with Crippen LogP contribution in [0, 0.1) is 0 Å². The molecule has 3 N–H and O–H groups in total. The average molecular weight is 356 g/mol. The molecule has 1 aromatic rings. The minimum atomic E-state index is -0.216. The Labute approximate surface area is 155 Å². The summed E-state index contributed by atoms with van der Waals surface area (Å²) in [6.07, 6.45) is 12.9. The van der Waals surface area contributed by atoms with Gasteiger partial charge in [0.05, 0.1) is 0 Å². The molecule has 0 saturated carbocycles. The Morgan fingerprint density at radius 2 is 1.38 bits per heavy atom. The van der Waals surface area contributed by atoms with Gasteiger partial charge in [-0.05, 0) is 49.7 Å². The average Bonchev–Trinajstić information content (AvgIpc) is 2.57. The highest BCUT2D eigenvalue weighted by molar-refractivity contribution is 5.85. The van der Waals surface area contributed by atoms with Crippen LogP contribution in [0.3, 0.4) is 0 Å². The Balaban J connectivity index is 0.00000529. The normalized spacial score (nSPS) is 13.3. The van der Waals surface area contributed by atoms with Crippen LogP contribution >= 0.6 is 12.4 Å². The van der Waals surface area contributed by atoms with Gasteiger partial charge in [-0.15, -0.1) is 12.4 Å². The summed E-state index contributed by atoms with van der Waals surface area (Å²) in [6, 6.07) is 9.05. The zero-order valence-electron chi connectivity index (χ0n) is 15.7. The fraction of sp³-hybridized carbons (Fsp3) is 0.714. The molecule has 0 fully saturated rings. The van der Waals surface area contributed by atoms with E-state index in [1.165, 1.54) is 56.1 Å². The van der Waals surface area contributed by atoms with E-state index in [2.05, 4.69) is 38.1 Å². The summed E-state index contributed by atoms with van der Waals surface area (Å²) in [4.78, 5) is 0. The summed E-state index contributed by atoms with van der Waals surface area (Å²) >= 11 is 0. The van der Waals surface area contributed by atoms with Gasteiger partial charge in [-0.1, -0.05) is 70.2 Å². The molecule has 0 aliphatic rings. The molecule has 1 aromatic carbocycles. The summed E-state index contributed by atoms with van der Waals surface area (Å²) in [7, 11) is 0. The number of halogens is 1. The number of rotatable bonds is 13. The second-order valence-electron chi connectivity index (χ2n) is 7.02. The van der Waals surface area contributed by atoms with Crippen LogP contribution in [0.5, 0.6) is 0 Å². The number of nitrogens with two attached hydrogens (primary N) is 1. The number of aliphatic hydroxyl groups excluding tert-OH is 1. The number of aliphatic hydroxyl groups is 1. The molecule has 0 aliphatic carbocycles. The lowest BCUT2D eigenvalue weighted by atomic mass is 9.87. The van der Waals surface area contributed by atoms with Gasteiger partial charge in [0, 0.05) is 12.1 Å². The van der Waals surface area contributed by atoms with Crippen LogP contribution < -0.4 is 5.73 Å². The molecule has 0 aromatic heterocycles. The molecule has 1 rings (SSSR count). The zero-order chi connectivity index (χ0) is 17.0. The third-order valence-corrected chi connectivity index (χ3v) is 5.07. The van der Waals surface area contributed by atoms with Gasteiger partial charge in [0.15, 0.2) is 0 Å². The largest absolute Gasteiger partial charge is 0.396 e. The predicted octanol–water partition coefficient (Wildman–Crippen LogP) is 5.43. The van der Waals surface area contributed by atoms with Crippen molar-refractivity contribution < 1.29 is 5.11 Å². The molecule has 0 saturated heterocycles. The molecular weight excluding hydrogens is 318 g/mol. The van der Waals surface area contributed by atoms with Crippen molar-refractivity contribution in [2.75, 3.05) is 6.61 Å². The van der Waals surface area contributed by atoms with Crippen LogP contribution in [-0.2, 0) is 12.8 Å². The first-order chi connectivity index (χ1) is 11.1. The molecule has 24 heavy (non-hydrogen) atoms. The van der Waals surface area contributed by atoms with E-state index >= 15 is 0 Å². The smallest absolute Gasteiger partial charge is 0.0448 e. The molecule has 3 heteroatoms. The molecule has 140 valence electrons. The summed E-state index contributed by atoms with van der Waals surface area (Å²) in [5.41, 5.74) is 8.94. The van der Waals surface area contributed by atoms with Crippen molar-refractivity contribution in [2.45, 2.75) is 90.0 Å². The van der Waals surface area contributed by atoms with Gasteiger partial charge >= 0.3 is 0 Å². The lowest BCUT2D eigenvalue weighted by Gasteiger charge is -2.27. The van der Waals surface area contributed by atoms with Crippen molar-refractivity contribution in [1.29, 1.82) is 0 Å². The monoisotopic (exact) mass is 355 g/mol. The fourth-order valence-electron chi connectivity index (χ4n) is 3.08. The van der Waals surface area contributed by atoms with Crippen LogP contribution in [0.25, 0.3) is 0 Å². The molecule has 2 nitrogen and oxygen atoms in total. The van der Waals surface area contributed by atoms with E-state index in [0.717, 1.165) is 19.3 Å². The van der Waals surface area contributed by atoms with Crippen molar-refractivity contribution >= 4 is 12.4 Å². The highest BCUT2D eigenvalue weighted by Gasteiger charge is 2.21. The van der Waals surface area contributed by atoms with E-state index in [4.69, 9.17) is 10.8 Å². The Morgan fingerprint density at radius 1 is 0.833 bits per heavy atom. The first kappa shape index (κ1) is 23.4. The van der Waals surface area contributed by atoms with E-state index in [1.807, 2.05) is 0 Å². The van der Waals surface area contributed by atoms with E-state index in [9.17, 15) is 0 Å². The van der Waals surface area contributed by atoms with Crippen molar-refractivity contribution in [2.24, 2.45) is 5.73 Å². The van der Waals surface area contributed by atoms with Gasteiger partial charge in [-0.25, -0.2) is 0 Å². The second kappa shape index (κ2) is 13.7. The summed E-state index contributed by atoms with van der Waals surface area (Å²) in [5.74, 6) is 0. The lowest BCUT2D eigenvalue weighted by molar-refractivity contribution is 0.226. The predicted molar refractivity (Wildman–Crippen MR) is 108 cm³/mol. The van der Waals surface area contributed by atoms with Gasteiger partial charge in [0.1, 0.15) is 0 Å². The zero-order valence-corrected chi connectivity index (χ0v) is 16.5. The lowest BCUT2D eigenvalue weighted by Crippen LogP contribution is -2.40. The number of hydrogen-bond donors (Lipinski definition) is 2. The fourth-order valence-corrected chi connectivity index (χ4v) is 3.08. The topological polar surface area (TPSA) is 46.2 Å². The Hall–Kier alpha value is -0.570. The quantitative estimate of drug-likeness (QED) is 0.463. The van der Waals surface area contributed by atoms with Gasteiger partial charge in [0.2, 0.25) is 0 Å². The van der Waals surface area contributed by atoms with Gasteiger partial charge in [-0.3, -0.25) is 0 Å². The maximum atomic E-state index is 9.14. The second-order valence-corrected chi connectivity index (χ2v) is 7.02. The molecule has 0 spiro atoms. The minimum Gasteiger partial charge on any atom is -0.396 e. The van der Waals surface area contributed by atoms with Crippen LogP contribution in [-0.4, -0.2) is 17.3 Å². The third-order valence-electron chi connectivity index (χ3n) is 5.07. The number of aryl methyl sites for hydroxylation is 2. The van der Waals surface area contributed by atoms with E-state index in [1.54, 1.807) is 0 Å². The number of hydrogen-bond acceptors (Lipinski definition) is 2. The van der Waals surface area contributed by atoms with E-state index in [0.29, 0.717) is 6.42 Å². The molecule has 1 atom stereocenters. The Bertz CT molecular complexity index is 407. The van der Waals surface area contributed by atoms with Gasteiger partial charge < -0.3 is 10.8 Å². The molecule has 0 bridgehead atoms. The first-order valence-corrected chi connectivity index (χ1v) is 9.61. The SMILES string of the molecule is CCCCCCCCc1ccc(CCC(N)(CC)CCO)cc1.Cl. The van der Waals surface area contributed by atoms with Crippen LogP contribution in [0.2, 0.25) is 0 Å². The molecule has 0 amide bonds. The van der Waals surface area contributed by atoms with Crippen LogP contribution in [0.1, 0.15) is 82.8 Å². The third kappa shape index (κ3) is 9.66. The van der Waals surface area contributed by atoms with E-state index < -0.39 is 0 Å². The van der Waals surface area contributed by atoms with Crippen molar-refractivity contribution in [3.05, 3.63) is 35.4 Å². The summed E-state index contributed by atoms with van der Waals surface area (Å²) in [6.45, 7) is 4.56. The van der Waals surface area contributed by atoms with Crippen LogP contribution in [0.15, 0.2) is 24.3 Å². The molecule has 0 aliphatic heterocycles.